The predicted molar refractivity (Wildman–Crippen MR) is 89.9 cm³/mol. The van der Waals surface area contributed by atoms with Crippen molar-refractivity contribution in [1.82, 2.24) is 14.9 Å². The zero-order chi connectivity index (χ0) is 15.2. The molecule has 1 heterocycles. The van der Waals surface area contributed by atoms with E-state index in [0.717, 1.165) is 25.1 Å². The maximum absolute atomic E-state index is 4.34. The first-order valence-electron chi connectivity index (χ1n) is 7.73. The molecule has 114 valence electrons. The quantitative estimate of drug-likeness (QED) is 0.831. The van der Waals surface area contributed by atoms with Crippen LogP contribution in [-0.4, -0.2) is 16.1 Å². The highest BCUT2D eigenvalue weighted by molar-refractivity contribution is 7.05. The fourth-order valence-electron chi connectivity index (χ4n) is 2.48. The first kappa shape index (κ1) is 16.1. The van der Waals surface area contributed by atoms with Crippen LogP contribution in [0, 0.1) is 6.92 Å². The van der Waals surface area contributed by atoms with Gasteiger partial charge in [-0.2, -0.15) is 0 Å². The van der Waals surface area contributed by atoms with Crippen molar-refractivity contribution in [2.24, 2.45) is 0 Å². The number of rotatable bonds is 7. The van der Waals surface area contributed by atoms with Crippen molar-refractivity contribution in [3.8, 4) is 0 Å². The lowest BCUT2D eigenvalue weighted by Gasteiger charge is -2.20. The highest BCUT2D eigenvalue weighted by atomic mass is 32.1. The maximum Gasteiger partial charge on any atom is 0.0829 e. The molecule has 1 aromatic carbocycles. The highest BCUT2D eigenvalue weighted by Gasteiger charge is 2.21. The van der Waals surface area contributed by atoms with Gasteiger partial charge in [0, 0.05) is 6.04 Å². The summed E-state index contributed by atoms with van der Waals surface area (Å²) in [5.41, 5.74) is 3.89. The van der Waals surface area contributed by atoms with Crippen molar-refractivity contribution in [2.45, 2.75) is 52.5 Å². The number of nitrogens with one attached hydrogen (secondary N) is 1. The van der Waals surface area contributed by atoms with Crippen molar-refractivity contribution in [2.75, 3.05) is 6.54 Å². The summed E-state index contributed by atoms with van der Waals surface area (Å²) in [5.74, 6) is 0.418. The second kappa shape index (κ2) is 7.66. The van der Waals surface area contributed by atoms with Gasteiger partial charge < -0.3 is 5.32 Å². The molecule has 0 saturated carbocycles. The smallest absolute Gasteiger partial charge is 0.0829 e. The van der Waals surface area contributed by atoms with Crippen LogP contribution in [-0.2, 0) is 6.42 Å². The summed E-state index contributed by atoms with van der Waals surface area (Å²) < 4.78 is 4.19. The van der Waals surface area contributed by atoms with Crippen LogP contribution in [0.4, 0.5) is 0 Å². The number of benzene rings is 1. The van der Waals surface area contributed by atoms with Gasteiger partial charge in [0.15, 0.2) is 0 Å². The van der Waals surface area contributed by atoms with Crippen LogP contribution in [0.2, 0.25) is 0 Å². The lowest BCUT2D eigenvalue weighted by atomic mass is 9.97. The zero-order valence-electron chi connectivity index (χ0n) is 13.4. The largest absolute Gasteiger partial charge is 0.309 e. The summed E-state index contributed by atoms with van der Waals surface area (Å²) in [7, 11) is 0. The number of nitrogens with zero attached hydrogens (tertiary/aromatic N) is 2. The SMILES string of the molecule is CCCNC(Cc1ccccc1C)c1snnc1C(C)C. The second-order valence-corrected chi connectivity index (χ2v) is 6.60. The first-order valence-corrected chi connectivity index (χ1v) is 8.50. The molecule has 1 atom stereocenters. The minimum absolute atomic E-state index is 0.309. The summed E-state index contributed by atoms with van der Waals surface area (Å²) in [5, 5.41) is 8.01. The van der Waals surface area contributed by atoms with E-state index < -0.39 is 0 Å². The van der Waals surface area contributed by atoms with Gasteiger partial charge in [-0.15, -0.1) is 5.10 Å². The summed E-state index contributed by atoms with van der Waals surface area (Å²) in [4.78, 5) is 1.29. The van der Waals surface area contributed by atoms with Gasteiger partial charge in [-0.3, -0.25) is 0 Å². The van der Waals surface area contributed by atoms with Crippen molar-refractivity contribution < 1.29 is 0 Å². The van der Waals surface area contributed by atoms with Crippen LogP contribution < -0.4 is 5.32 Å². The van der Waals surface area contributed by atoms with E-state index in [-0.39, 0.29) is 0 Å². The molecule has 2 rings (SSSR count). The van der Waals surface area contributed by atoms with Crippen LogP contribution in [0.15, 0.2) is 24.3 Å². The van der Waals surface area contributed by atoms with E-state index in [1.165, 1.54) is 27.5 Å². The van der Waals surface area contributed by atoms with E-state index in [4.69, 9.17) is 0 Å². The van der Waals surface area contributed by atoms with Gasteiger partial charge in [0.05, 0.1) is 10.6 Å². The molecule has 0 spiro atoms. The predicted octanol–water partition coefficient (Wildman–Crippen LogP) is 4.25. The van der Waals surface area contributed by atoms with Crippen molar-refractivity contribution in [1.29, 1.82) is 0 Å². The first-order chi connectivity index (χ1) is 10.1. The third-order valence-corrected chi connectivity index (χ3v) is 4.58. The topological polar surface area (TPSA) is 37.8 Å². The van der Waals surface area contributed by atoms with Crippen LogP contribution in [0.25, 0.3) is 0 Å². The molecule has 0 amide bonds. The molecule has 4 heteroatoms. The molecular formula is C17H25N3S. The molecule has 2 aromatic rings. The molecule has 3 nitrogen and oxygen atoms in total. The van der Waals surface area contributed by atoms with Crippen molar-refractivity contribution in [3.05, 3.63) is 46.0 Å². The molecule has 0 aliphatic heterocycles. The van der Waals surface area contributed by atoms with Crippen LogP contribution in [0.1, 0.15) is 60.8 Å². The number of hydrogen-bond donors (Lipinski definition) is 1. The Bertz CT molecular complexity index is 563. The van der Waals surface area contributed by atoms with Gasteiger partial charge in [-0.1, -0.05) is 49.5 Å². The highest BCUT2D eigenvalue weighted by Crippen LogP contribution is 2.29. The third kappa shape index (κ3) is 4.11. The summed E-state index contributed by atoms with van der Waals surface area (Å²) in [6.07, 6.45) is 2.13. The van der Waals surface area contributed by atoms with E-state index in [1.807, 2.05) is 0 Å². The normalized spacial score (nSPS) is 12.8. The van der Waals surface area contributed by atoms with Gasteiger partial charge >= 0.3 is 0 Å². The maximum atomic E-state index is 4.34. The van der Waals surface area contributed by atoms with Crippen LogP contribution in [0.3, 0.4) is 0 Å². The molecule has 0 fully saturated rings. The average Bonchev–Trinajstić information content (AvgIpc) is 2.95. The Morgan fingerprint density at radius 1 is 1.24 bits per heavy atom. The molecule has 0 radical (unpaired) electrons. The fourth-order valence-corrected chi connectivity index (χ4v) is 3.36. The van der Waals surface area contributed by atoms with E-state index in [0.29, 0.717) is 12.0 Å². The van der Waals surface area contributed by atoms with E-state index in [2.05, 4.69) is 66.9 Å². The van der Waals surface area contributed by atoms with E-state index >= 15 is 0 Å². The molecular weight excluding hydrogens is 278 g/mol. The monoisotopic (exact) mass is 303 g/mol. The number of aryl methyl sites for hydroxylation is 1. The third-order valence-electron chi connectivity index (χ3n) is 3.73. The standard InChI is InChI=1S/C17H25N3S/c1-5-10-18-15(11-14-9-7-6-8-13(14)4)17-16(12(2)3)19-20-21-17/h6-9,12,15,18H,5,10-11H2,1-4H3. The van der Waals surface area contributed by atoms with Crippen LogP contribution >= 0.6 is 11.5 Å². The fraction of sp³-hybridized carbons (Fsp3) is 0.529. The minimum Gasteiger partial charge on any atom is -0.309 e. The Labute approximate surface area is 132 Å². The molecule has 1 N–H and O–H groups in total. The van der Waals surface area contributed by atoms with Crippen molar-refractivity contribution >= 4 is 11.5 Å². The van der Waals surface area contributed by atoms with E-state index in [1.54, 1.807) is 0 Å². The Morgan fingerprint density at radius 2 is 2.00 bits per heavy atom. The molecule has 1 aromatic heterocycles. The van der Waals surface area contributed by atoms with Crippen LogP contribution in [0.5, 0.6) is 0 Å². The van der Waals surface area contributed by atoms with Gasteiger partial charge in [0.1, 0.15) is 0 Å². The summed E-state index contributed by atoms with van der Waals surface area (Å²) in [6, 6.07) is 8.93. The Hall–Kier alpha value is -1.26. The van der Waals surface area contributed by atoms with Gasteiger partial charge in [-0.25, -0.2) is 0 Å². The zero-order valence-corrected chi connectivity index (χ0v) is 14.2. The number of hydrogen-bond acceptors (Lipinski definition) is 4. The molecule has 0 aliphatic rings. The molecule has 21 heavy (non-hydrogen) atoms. The van der Waals surface area contributed by atoms with Gasteiger partial charge in [-0.05, 0) is 54.9 Å². The number of aromatic nitrogens is 2. The molecule has 0 saturated heterocycles. The minimum atomic E-state index is 0.309. The summed E-state index contributed by atoms with van der Waals surface area (Å²) in [6.45, 7) is 9.77. The second-order valence-electron chi connectivity index (χ2n) is 5.81. The Morgan fingerprint density at radius 3 is 2.67 bits per heavy atom. The van der Waals surface area contributed by atoms with E-state index in [9.17, 15) is 0 Å². The molecule has 0 aliphatic carbocycles. The van der Waals surface area contributed by atoms with Gasteiger partial charge in [0.25, 0.3) is 0 Å². The molecule has 1 unspecified atom stereocenters. The van der Waals surface area contributed by atoms with Crippen molar-refractivity contribution in [3.63, 3.8) is 0 Å². The Balaban J connectivity index is 2.26. The molecule has 0 bridgehead atoms. The lowest BCUT2D eigenvalue weighted by Crippen LogP contribution is -2.24. The van der Waals surface area contributed by atoms with Gasteiger partial charge in [0.2, 0.25) is 0 Å². The average molecular weight is 303 g/mol. The Kier molecular flexibility index (Phi) is 5.88. The summed E-state index contributed by atoms with van der Waals surface area (Å²) >= 11 is 1.54. The lowest BCUT2D eigenvalue weighted by molar-refractivity contribution is 0.528.